The fraction of sp³-hybridized carbons (Fsp3) is 0.214. The number of anilines is 1. The summed E-state index contributed by atoms with van der Waals surface area (Å²) in [5.74, 6) is 0.209. The van der Waals surface area contributed by atoms with Crippen molar-refractivity contribution in [3.8, 4) is 17.1 Å². The largest absolute Gasteiger partial charge is 0.496 e. The van der Waals surface area contributed by atoms with Crippen LogP contribution in [0.2, 0.25) is 10.0 Å². The van der Waals surface area contributed by atoms with Gasteiger partial charge in [-0.25, -0.2) is 9.37 Å². The number of amides is 1. The normalized spacial score (nSPS) is 15.1. The molecule has 0 saturated carbocycles. The number of methoxy groups -OCH3 is 1. The van der Waals surface area contributed by atoms with Gasteiger partial charge in [0.25, 0.3) is 5.91 Å². The Labute approximate surface area is 219 Å². The highest BCUT2D eigenvalue weighted by Gasteiger charge is 2.45. The van der Waals surface area contributed by atoms with Crippen molar-refractivity contribution in [2.24, 2.45) is 0 Å². The number of carbonyl (C=O) groups excluding carboxylic acids is 1. The molecule has 1 amide bonds. The van der Waals surface area contributed by atoms with E-state index in [0.29, 0.717) is 22.3 Å². The Balaban J connectivity index is 1.81. The van der Waals surface area contributed by atoms with Crippen LogP contribution in [0, 0.1) is 12.7 Å². The molecule has 0 aliphatic carbocycles. The third kappa shape index (κ3) is 3.85. The zero-order chi connectivity index (χ0) is 25.7. The van der Waals surface area contributed by atoms with Gasteiger partial charge in [0.15, 0.2) is 11.5 Å². The lowest BCUT2D eigenvalue weighted by Crippen LogP contribution is -2.31. The molecule has 1 unspecified atom stereocenters. The van der Waals surface area contributed by atoms with Gasteiger partial charge in [0.2, 0.25) is 0 Å². The van der Waals surface area contributed by atoms with E-state index in [1.165, 1.54) is 11.0 Å². The zero-order valence-corrected chi connectivity index (χ0v) is 21.7. The monoisotopic (exact) mass is 523 g/mol. The Morgan fingerprint density at radius 1 is 1.06 bits per heavy atom. The molecule has 36 heavy (non-hydrogen) atoms. The molecule has 0 N–H and O–H groups in total. The van der Waals surface area contributed by atoms with Crippen molar-refractivity contribution in [3.63, 3.8) is 0 Å². The van der Waals surface area contributed by atoms with Crippen molar-refractivity contribution in [2.75, 3.05) is 12.0 Å². The van der Waals surface area contributed by atoms with Crippen molar-refractivity contribution >= 4 is 34.8 Å². The standard InChI is InChI=1S/C28H24Cl2FN3O2/c1-15(2)33-26-24(32-27(33)19-14-16(3)8-13-22(19)36-4)28(35)34(21-7-5-6-20(30)23(21)31)25(26)17-9-11-18(29)12-10-17/h5-15,25H,1-4H3. The number of nitrogens with zero attached hydrogens (tertiary/aromatic N) is 3. The molecule has 1 aliphatic rings. The van der Waals surface area contributed by atoms with Crippen LogP contribution >= 0.6 is 23.2 Å². The highest BCUT2D eigenvalue weighted by atomic mass is 35.5. The van der Waals surface area contributed by atoms with E-state index < -0.39 is 17.8 Å². The van der Waals surface area contributed by atoms with Gasteiger partial charge in [0, 0.05) is 11.1 Å². The Morgan fingerprint density at radius 3 is 2.44 bits per heavy atom. The minimum atomic E-state index is -0.659. The van der Waals surface area contributed by atoms with Crippen molar-refractivity contribution in [1.82, 2.24) is 9.55 Å². The number of imidazole rings is 1. The van der Waals surface area contributed by atoms with Crippen LogP contribution in [0.1, 0.15) is 53.2 Å². The number of ether oxygens (including phenoxy) is 1. The van der Waals surface area contributed by atoms with Gasteiger partial charge in [-0.2, -0.15) is 0 Å². The minimum absolute atomic E-state index is 0.0587. The molecule has 0 saturated heterocycles. The van der Waals surface area contributed by atoms with Gasteiger partial charge in [0.1, 0.15) is 17.6 Å². The molecule has 5 nitrogen and oxygen atoms in total. The minimum Gasteiger partial charge on any atom is -0.496 e. The first-order valence-electron chi connectivity index (χ1n) is 11.5. The number of fused-ring (bicyclic) bond motifs is 1. The lowest BCUT2D eigenvalue weighted by Gasteiger charge is -2.29. The Hall–Kier alpha value is -3.35. The van der Waals surface area contributed by atoms with E-state index in [-0.39, 0.29) is 22.4 Å². The Bertz CT molecular complexity index is 1480. The quantitative estimate of drug-likeness (QED) is 0.270. The molecule has 1 atom stereocenters. The van der Waals surface area contributed by atoms with Gasteiger partial charge in [0.05, 0.1) is 29.1 Å². The Morgan fingerprint density at radius 2 is 1.78 bits per heavy atom. The number of hydrogen-bond donors (Lipinski definition) is 0. The van der Waals surface area contributed by atoms with Crippen LogP contribution in [0.5, 0.6) is 5.75 Å². The number of hydrogen-bond acceptors (Lipinski definition) is 3. The summed E-state index contributed by atoms with van der Waals surface area (Å²) < 4.78 is 22.9. The average molecular weight is 524 g/mol. The van der Waals surface area contributed by atoms with E-state index in [4.69, 9.17) is 32.9 Å². The molecule has 0 radical (unpaired) electrons. The van der Waals surface area contributed by atoms with Crippen LogP contribution in [0.15, 0.2) is 60.7 Å². The smallest absolute Gasteiger partial charge is 0.279 e. The number of carbonyl (C=O) groups is 1. The second-order valence-electron chi connectivity index (χ2n) is 9.04. The first-order valence-corrected chi connectivity index (χ1v) is 12.3. The maximum Gasteiger partial charge on any atom is 0.279 e. The number of halogens is 3. The second-order valence-corrected chi connectivity index (χ2v) is 9.88. The summed E-state index contributed by atoms with van der Waals surface area (Å²) in [6, 6.07) is 17.0. The number of benzene rings is 3. The predicted molar refractivity (Wildman–Crippen MR) is 141 cm³/mol. The topological polar surface area (TPSA) is 47.4 Å². The first kappa shape index (κ1) is 24.3. The molecule has 4 aromatic rings. The van der Waals surface area contributed by atoms with E-state index in [2.05, 4.69) is 0 Å². The lowest BCUT2D eigenvalue weighted by molar-refractivity contribution is 0.0988. The van der Waals surface area contributed by atoms with Gasteiger partial charge in [-0.3, -0.25) is 9.69 Å². The van der Waals surface area contributed by atoms with E-state index in [9.17, 15) is 4.79 Å². The highest BCUT2D eigenvalue weighted by molar-refractivity contribution is 6.31. The lowest BCUT2D eigenvalue weighted by atomic mass is 10.0. The van der Waals surface area contributed by atoms with Crippen LogP contribution in [0.25, 0.3) is 11.4 Å². The summed E-state index contributed by atoms with van der Waals surface area (Å²) >= 11 is 12.3. The SMILES string of the molecule is COc1ccc(C)cc1-c1nc2c(n1C(C)C)C(c1ccc(Cl)cc1)N(c1cccc(Cl)c1F)C2=O. The molecule has 0 bridgehead atoms. The molecular weight excluding hydrogens is 500 g/mol. The summed E-state index contributed by atoms with van der Waals surface area (Å²) in [7, 11) is 1.61. The summed E-state index contributed by atoms with van der Waals surface area (Å²) in [6.07, 6.45) is 0. The molecule has 1 aromatic heterocycles. The molecule has 8 heteroatoms. The van der Waals surface area contributed by atoms with Crippen LogP contribution in [-0.4, -0.2) is 22.6 Å². The van der Waals surface area contributed by atoms with Crippen LogP contribution < -0.4 is 9.64 Å². The van der Waals surface area contributed by atoms with Gasteiger partial charge in [-0.15, -0.1) is 0 Å². The molecule has 0 spiro atoms. The summed E-state index contributed by atoms with van der Waals surface area (Å²) in [5.41, 5.74) is 3.62. The third-order valence-electron chi connectivity index (χ3n) is 6.38. The summed E-state index contributed by atoms with van der Waals surface area (Å²) in [6.45, 7) is 6.05. The Kier molecular flexibility index (Phi) is 6.27. The number of aromatic nitrogens is 2. The molecule has 5 rings (SSSR count). The maximum absolute atomic E-state index is 15.3. The van der Waals surface area contributed by atoms with E-state index in [0.717, 1.165) is 16.7 Å². The summed E-state index contributed by atoms with van der Waals surface area (Å²) in [4.78, 5) is 20.2. The molecule has 3 aromatic carbocycles. The van der Waals surface area contributed by atoms with Crippen molar-refractivity contribution in [2.45, 2.75) is 32.9 Å². The van der Waals surface area contributed by atoms with E-state index in [1.54, 1.807) is 31.4 Å². The van der Waals surface area contributed by atoms with Crippen molar-refractivity contribution in [1.29, 1.82) is 0 Å². The van der Waals surface area contributed by atoms with Gasteiger partial charge >= 0.3 is 0 Å². The first-order chi connectivity index (χ1) is 17.2. The van der Waals surface area contributed by atoms with Crippen LogP contribution in [0.4, 0.5) is 10.1 Å². The van der Waals surface area contributed by atoms with Crippen molar-refractivity contribution < 1.29 is 13.9 Å². The van der Waals surface area contributed by atoms with Gasteiger partial charge in [-0.05, 0) is 62.7 Å². The molecule has 1 aliphatic heterocycles. The van der Waals surface area contributed by atoms with E-state index >= 15 is 4.39 Å². The summed E-state index contributed by atoms with van der Waals surface area (Å²) in [5, 5.41) is 0.503. The predicted octanol–water partition coefficient (Wildman–Crippen LogP) is 7.64. The van der Waals surface area contributed by atoms with Gasteiger partial charge in [-0.1, -0.05) is 53.0 Å². The molecule has 184 valence electrons. The maximum atomic E-state index is 15.3. The average Bonchev–Trinajstić information content (AvgIpc) is 3.37. The third-order valence-corrected chi connectivity index (χ3v) is 6.92. The second kappa shape index (κ2) is 9.26. The van der Waals surface area contributed by atoms with Crippen LogP contribution in [0.3, 0.4) is 0 Å². The zero-order valence-electron chi connectivity index (χ0n) is 20.2. The molecule has 2 heterocycles. The van der Waals surface area contributed by atoms with Crippen LogP contribution in [-0.2, 0) is 0 Å². The van der Waals surface area contributed by atoms with Crippen molar-refractivity contribution in [3.05, 3.63) is 99.0 Å². The highest BCUT2D eigenvalue weighted by Crippen LogP contribution is 2.46. The number of rotatable bonds is 5. The fourth-order valence-corrected chi connectivity index (χ4v) is 5.10. The van der Waals surface area contributed by atoms with E-state index in [1.807, 2.05) is 55.7 Å². The number of aryl methyl sites for hydroxylation is 1. The van der Waals surface area contributed by atoms with Gasteiger partial charge < -0.3 is 9.30 Å². The fourth-order valence-electron chi connectivity index (χ4n) is 4.81. The molecular formula is C28H24Cl2FN3O2. The molecule has 0 fully saturated rings.